The van der Waals surface area contributed by atoms with E-state index in [-0.39, 0.29) is 0 Å². The molecule has 0 unspecified atom stereocenters. The van der Waals surface area contributed by atoms with Crippen LogP contribution in [0, 0.1) is 0 Å². The minimum Gasteiger partial charge on any atom is -0.428 e. The van der Waals surface area contributed by atoms with Crippen LogP contribution in [0.15, 0.2) is 51.4 Å². The van der Waals surface area contributed by atoms with Gasteiger partial charge in [-0.05, 0) is 48.2 Å². The van der Waals surface area contributed by atoms with Gasteiger partial charge in [0, 0.05) is 8.95 Å². The molecule has 8 heteroatoms. The van der Waals surface area contributed by atoms with E-state index < -0.39 is 24.4 Å². The molecule has 0 amide bonds. The molecular formula is C17H14Br2F4O2. The van der Waals surface area contributed by atoms with Crippen LogP contribution in [0.3, 0.4) is 0 Å². The Kier molecular flexibility index (Phi) is 6.87. The van der Waals surface area contributed by atoms with Gasteiger partial charge in [-0.25, -0.2) is 0 Å². The van der Waals surface area contributed by atoms with E-state index in [1.807, 2.05) is 18.2 Å². The fraction of sp³-hybridized carbons (Fsp3) is 0.294. The van der Waals surface area contributed by atoms with Crippen LogP contribution in [-0.2, 0) is 6.42 Å². The van der Waals surface area contributed by atoms with Gasteiger partial charge >= 0.3 is 12.5 Å². The second-order valence-electron chi connectivity index (χ2n) is 5.29. The minimum absolute atomic E-state index is 0.311. The molecule has 2 nitrogen and oxygen atoms in total. The molecule has 2 rings (SSSR count). The fourth-order valence-electron chi connectivity index (χ4n) is 2.21. The van der Waals surface area contributed by atoms with Crippen molar-refractivity contribution >= 4 is 31.9 Å². The van der Waals surface area contributed by atoms with Crippen molar-refractivity contribution in [1.82, 2.24) is 0 Å². The fourth-order valence-corrected chi connectivity index (χ4v) is 3.60. The molecule has 0 aromatic heterocycles. The Hall–Kier alpha value is -1.12. The third kappa shape index (κ3) is 5.43. The third-order valence-electron chi connectivity index (χ3n) is 3.48. The summed E-state index contributed by atoms with van der Waals surface area (Å²) in [5.41, 5.74) is 1.27. The van der Waals surface area contributed by atoms with Gasteiger partial charge in [-0.3, -0.25) is 0 Å². The van der Waals surface area contributed by atoms with Crippen LogP contribution in [0.1, 0.15) is 23.7 Å². The average Bonchev–Trinajstić information content (AvgIpc) is 2.54. The van der Waals surface area contributed by atoms with Gasteiger partial charge in [0.05, 0.1) is 6.10 Å². The lowest BCUT2D eigenvalue weighted by molar-refractivity contribution is -0.253. The second kappa shape index (κ2) is 8.51. The molecule has 0 saturated carbocycles. The molecule has 0 spiro atoms. The Morgan fingerprint density at radius 3 is 2.24 bits per heavy atom. The Labute approximate surface area is 159 Å². The van der Waals surface area contributed by atoms with Gasteiger partial charge in [0.1, 0.15) is 5.75 Å². The summed E-state index contributed by atoms with van der Waals surface area (Å²) in [7, 11) is 0. The first-order valence-electron chi connectivity index (χ1n) is 7.26. The number of hydrogen-bond acceptors (Lipinski definition) is 2. The number of benzene rings is 2. The van der Waals surface area contributed by atoms with Gasteiger partial charge in [-0.1, -0.05) is 50.1 Å². The zero-order chi connectivity index (χ0) is 18.6. The number of rotatable bonds is 7. The van der Waals surface area contributed by atoms with Crippen LogP contribution >= 0.6 is 31.9 Å². The topological polar surface area (TPSA) is 29.5 Å². The lowest BCUT2D eigenvalue weighted by Crippen LogP contribution is -2.33. The number of hydrogen-bond donors (Lipinski definition) is 1. The predicted octanol–water partition coefficient (Wildman–Crippen LogP) is 6.11. The number of ether oxygens (including phenoxy) is 1. The van der Waals surface area contributed by atoms with Crippen LogP contribution in [0.25, 0.3) is 0 Å². The summed E-state index contributed by atoms with van der Waals surface area (Å²) in [4.78, 5) is 0. The number of aliphatic hydroxyl groups excluding tert-OH is 1. The molecule has 0 aliphatic carbocycles. The highest BCUT2D eigenvalue weighted by atomic mass is 79.9. The molecule has 0 aliphatic rings. The highest BCUT2D eigenvalue weighted by Gasteiger charge is 2.44. The van der Waals surface area contributed by atoms with E-state index in [1.54, 1.807) is 0 Å². The normalized spacial score (nSPS) is 13.1. The summed E-state index contributed by atoms with van der Waals surface area (Å²) in [5, 5.41) is 10.3. The van der Waals surface area contributed by atoms with E-state index in [0.29, 0.717) is 18.4 Å². The van der Waals surface area contributed by atoms with E-state index >= 15 is 0 Å². The summed E-state index contributed by atoms with van der Waals surface area (Å²) >= 11 is 6.85. The van der Waals surface area contributed by atoms with Crippen LogP contribution in [0.2, 0.25) is 0 Å². The van der Waals surface area contributed by atoms with Crippen molar-refractivity contribution in [1.29, 1.82) is 0 Å². The first kappa shape index (κ1) is 20.2. The van der Waals surface area contributed by atoms with E-state index in [4.69, 9.17) is 0 Å². The summed E-state index contributed by atoms with van der Waals surface area (Å²) in [5.74, 6) is -0.427. The molecule has 2 aromatic carbocycles. The summed E-state index contributed by atoms with van der Waals surface area (Å²) in [6.45, 7) is 0. The Morgan fingerprint density at radius 1 is 1.04 bits per heavy atom. The van der Waals surface area contributed by atoms with Crippen molar-refractivity contribution in [3.8, 4) is 5.75 Å². The SMILES string of the molecule is O[C@H](CCc1c(Br)cccc1Br)c1cccc(OC(F)(F)C(F)F)c1. The van der Waals surface area contributed by atoms with Crippen molar-refractivity contribution in [2.45, 2.75) is 31.5 Å². The third-order valence-corrected chi connectivity index (χ3v) is 4.97. The van der Waals surface area contributed by atoms with Crippen LogP contribution in [0.4, 0.5) is 17.6 Å². The maximum absolute atomic E-state index is 13.0. The number of halogens is 6. The molecule has 0 saturated heterocycles. The van der Waals surface area contributed by atoms with Crippen LogP contribution < -0.4 is 4.74 Å². The maximum Gasteiger partial charge on any atom is 0.461 e. The van der Waals surface area contributed by atoms with Crippen molar-refractivity contribution < 1.29 is 27.4 Å². The van der Waals surface area contributed by atoms with Gasteiger partial charge in [0.25, 0.3) is 0 Å². The van der Waals surface area contributed by atoms with E-state index in [0.717, 1.165) is 26.6 Å². The predicted molar refractivity (Wildman–Crippen MR) is 93.1 cm³/mol. The minimum atomic E-state index is -4.58. The molecule has 2 aromatic rings. The van der Waals surface area contributed by atoms with Gasteiger partial charge in [-0.2, -0.15) is 17.6 Å². The van der Waals surface area contributed by atoms with Gasteiger partial charge in [0.15, 0.2) is 0 Å². The van der Waals surface area contributed by atoms with Gasteiger partial charge in [-0.15, -0.1) is 0 Å². The molecule has 0 fully saturated rings. The van der Waals surface area contributed by atoms with E-state index in [2.05, 4.69) is 36.6 Å². The summed E-state index contributed by atoms with van der Waals surface area (Å²) < 4.78 is 56.2. The van der Waals surface area contributed by atoms with Crippen molar-refractivity contribution in [2.75, 3.05) is 0 Å². The van der Waals surface area contributed by atoms with Gasteiger partial charge in [0.2, 0.25) is 0 Å². The van der Waals surface area contributed by atoms with Gasteiger partial charge < -0.3 is 9.84 Å². The Bertz CT molecular complexity index is 705. The van der Waals surface area contributed by atoms with Crippen molar-refractivity contribution in [3.63, 3.8) is 0 Å². The van der Waals surface area contributed by atoms with Crippen LogP contribution in [-0.4, -0.2) is 17.6 Å². The summed E-state index contributed by atoms with van der Waals surface area (Å²) in [6, 6.07) is 10.8. The molecule has 136 valence electrons. The largest absolute Gasteiger partial charge is 0.461 e. The molecule has 0 bridgehead atoms. The smallest absolute Gasteiger partial charge is 0.428 e. The lowest BCUT2D eigenvalue weighted by Gasteiger charge is -2.18. The Morgan fingerprint density at radius 2 is 1.64 bits per heavy atom. The standard InChI is InChI=1S/C17H14Br2F4O2/c18-13-5-2-6-14(19)12(13)7-8-15(24)10-3-1-4-11(9-10)25-17(22,23)16(20)21/h1-6,9,15-16,24H,7-8H2/t15-/m1/s1. The quantitative estimate of drug-likeness (QED) is 0.479. The van der Waals surface area contributed by atoms with E-state index in [1.165, 1.54) is 12.1 Å². The number of aliphatic hydroxyl groups is 1. The van der Waals surface area contributed by atoms with Crippen LogP contribution in [0.5, 0.6) is 5.75 Å². The molecule has 1 N–H and O–H groups in total. The first-order chi connectivity index (χ1) is 11.7. The Balaban J connectivity index is 2.07. The van der Waals surface area contributed by atoms with E-state index in [9.17, 15) is 22.7 Å². The zero-order valence-corrected chi connectivity index (χ0v) is 15.9. The molecule has 0 aliphatic heterocycles. The maximum atomic E-state index is 13.0. The zero-order valence-electron chi connectivity index (χ0n) is 12.7. The van der Waals surface area contributed by atoms with Crippen molar-refractivity contribution in [3.05, 3.63) is 62.5 Å². The highest BCUT2D eigenvalue weighted by molar-refractivity contribution is 9.11. The molecule has 0 radical (unpaired) electrons. The highest BCUT2D eigenvalue weighted by Crippen LogP contribution is 2.31. The molecule has 1 atom stereocenters. The monoisotopic (exact) mass is 484 g/mol. The first-order valence-corrected chi connectivity index (χ1v) is 8.85. The molecule has 25 heavy (non-hydrogen) atoms. The van der Waals surface area contributed by atoms with Crippen molar-refractivity contribution in [2.24, 2.45) is 0 Å². The summed E-state index contributed by atoms with van der Waals surface area (Å²) in [6.07, 6.45) is -8.64. The second-order valence-corrected chi connectivity index (χ2v) is 7.00. The average molecular weight is 486 g/mol. The molecular weight excluding hydrogens is 472 g/mol. The molecule has 0 heterocycles. The lowest BCUT2D eigenvalue weighted by atomic mass is 10.0. The number of alkyl halides is 4.